The van der Waals surface area contributed by atoms with Crippen LogP contribution in [0.1, 0.15) is 39.5 Å². The Morgan fingerprint density at radius 2 is 2.12 bits per heavy atom. The molecule has 140 valence electrons. The lowest BCUT2D eigenvalue weighted by molar-refractivity contribution is 0.0793. The Morgan fingerprint density at radius 3 is 2.75 bits per heavy atom. The van der Waals surface area contributed by atoms with Crippen LogP contribution in [0.2, 0.25) is 0 Å². The molecule has 2 heterocycles. The number of guanidine groups is 1. The van der Waals surface area contributed by atoms with Crippen molar-refractivity contribution in [2.75, 3.05) is 59.2 Å². The summed E-state index contributed by atoms with van der Waals surface area (Å²) in [7, 11) is 2.18. The Balaban J connectivity index is 1.98. The maximum Gasteiger partial charge on any atom is 0.193 e. The topological polar surface area (TPSA) is 40.1 Å². The third-order valence-electron chi connectivity index (χ3n) is 5.44. The fraction of sp³-hybridized carbons (Fsp3) is 0.944. The summed E-state index contributed by atoms with van der Waals surface area (Å²) >= 11 is 1.96. The molecular formula is C18H36N4OS. The highest BCUT2D eigenvalue weighted by Gasteiger charge is 2.32. The minimum absolute atomic E-state index is 0.253. The molecule has 6 heteroatoms. The molecular weight excluding hydrogens is 320 g/mol. The van der Waals surface area contributed by atoms with Gasteiger partial charge in [0.1, 0.15) is 0 Å². The van der Waals surface area contributed by atoms with Crippen molar-refractivity contribution in [3.8, 4) is 0 Å². The Bertz CT molecular complexity index is 398. The van der Waals surface area contributed by atoms with E-state index in [0.717, 1.165) is 58.2 Å². The lowest BCUT2D eigenvalue weighted by atomic mass is 9.99. The first-order valence-corrected chi connectivity index (χ1v) is 10.7. The zero-order valence-electron chi connectivity index (χ0n) is 16.0. The molecule has 0 bridgehead atoms. The van der Waals surface area contributed by atoms with Gasteiger partial charge in [-0.05, 0) is 52.0 Å². The van der Waals surface area contributed by atoms with Crippen LogP contribution in [0.4, 0.5) is 0 Å². The summed E-state index contributed by atoms with van der Waals surface area (Å²) in [5, 5.41) is 3.49. The fourth-order valence-corrected chi connectivity index (χ4v) is 4.55. The lowest BCUT2D eigenvalue weighted by Gasteiger charge is -2.35. The van der Waals surface area contributed by atoms with Crippen molar-refractivity contribution in [3.63, 3.8) is 0 Å². The summed E-state index contributed by atoms with van der Waals surface area (Å²) in [6, 6.07) is 0.668. The van der Waals surface area contributed by atoms with Crippen molar-refractivity contribution < 1.29 is 4.74 Å². The molecule has 0 aromatic carbocycles. The molecule has 0 aromatic rings. The number of hydrogen-bond donors (Lipinski definition) is 1. The van der Waals surface area contributed by atoms with E-state index in [2.05, 4.69) is 42.3 Å². The highest BCUT2D eigenvalue weighted by molar-refractivity contribution is 8.00. The second-order valence-electron chi connectivity index (χ2n) is 6.97. The number of hydrogen-bond acceptors (Lipinski definition) is 4. The average molecular weight is 357 g/mol. The van der Waals surface area contributed by atoms with Crippen molar-refractivity contribution in [1.82, 2.24) is 15.1 Å². The summed E-state index contributed by atoms with van der Waals surface area (Å²) in [6.45, 7) is 11.4. The maximum absolute atomic E-state index is 5.55. The van der Waals surface area contributed by atoms with Crippen LogP contribution in [0.15, 0.2) is 4.99 Å². The van der Waals surface area contributed by atoms with Crippen LogP contribution in [0.25, 0.3) is 0 Å². The second-order valence-corrected chi connectivity index (χ2v) is 8.25. The normalized spacial score (nSPS) is 25.0. The molecule has 24 heavy (non-hydrogen) atoms. The molecule has 0 saturated carbocycles. The van der Waals surface area contributed by atoms with Crippen LogP contribution in [0, 0.1) is 0 Å². The van der Waals surface area contributed by atoms with Gasteiger partial charge in [-0.25, -0.2) is 0 Å². The first kappa shape index (κ1) is 19.9. The molecule has 2 aliphatic rings. The van der Waals surface area contributed by atoms with E-state index in [0.29, 0.717) is 6.04 Å². The highest BCUT2D eigenvalue weighted by Crippen LogP contribution is 2.34. The van der Waals surface area contributed by atoms with E-state index in [1.807, 2.05) is 11.8 Å². The van der Waals surface area contributed by atoms with Gasteiger partial charge in [0.05, 0.1) is 6.54 Å². The first-order valence-electron chi connectivity index (χ1n) is 9.50. The fourth-order valence-electron chi connectivity index (χ4n) is 3.78. The summed E-state index contributed by atoms with van der Waals surface area (Å²) < 4.78 is 5.80. The molecule has 1 atom stereocenters. The third-order valence-corrected chi connectivity index (χ3v) is 6.84. The lowest BCUT2D eigenvalue weighted by Crippen LogP contribution is -2.46. The van der Waals surface area contributed by atoms with E-state index in [4.69, 9.17) is 9.73 Å². The summed E-state index contributed by atoms with van der Waals surface area (Å²) in [5.41, 5.74) is 0. The molecule has 5 nitrogen and oxygen atoms in total. The largest absolute Gasteiger partial charge is 0.381 e. The van der Waals surface area contributed by atoms with Gasteiger partial charge in [0.15, 0.2) is 5.96 Å². The number of likely N-dealkylation sites (tertiary alicyclic amines) is 1. The average Bonchev–Trinajstić information content (AvgIpc) is 3.06. The van der Waals surface area contributed by atoms with Crippen molar-refractivity contribution in [2.24, 2.45) is 4.99 Å². The smallest absolute Gasteiger partial charge is 0.193 e. The summed E-state index contributed by atoms with van der Waals surface area (Å²) in [6.07, 6.45) is 7.06. The monoisotopic (exact) mass is 356 g/mol. The molecule has 2 saturated heterocycles. The highest BCUT2D eigenvalue weighted by atomic mass is 32.2. The van der Waals surface area contributed by atoms with Gasteiger partial charge in [-0.15, -0.1) is 0 Å². The second kappa shape index (κ2) is 9.88. The van der Waals surface area contributed by atoms with Gasteiger partial charge < -0.3 is 15.0 Å². The van der Waals surface area contributed by atoms with Crippen molar-refractivity contribution in [3.05, 3.63) is 0 Å². The van der Waals surface area contributed by atoms with E-state index >= 15 is 0 Å². The van der Waals surface area contributed by atoms with Crippen molar-refractivity contribution in [1.29, 1.82) is 0 Å². The van der Waals surface area contributed by atoms with Gasteiger partial charge in [0.2, 0.25) is 0 Å². The zero-order valence-corrected chi connectivity index (χ0v) is 16.8. The minimum Gasteiger partial charge on any atom is -0.381 e. The van der Waals surface area contributed by atoms with E-state index in [1.165, 1.54) is 19.4 Å². The summed E-state index contributed by atoms with van der Waals surface area (Å²) in [5.74, 6) is 1.06. The van der Waals surface area contributed by atoms with Gasteiger partial charge in [0, 0.05) is 44.1 Å². The number of rotatable bonds is 7. The number of aliphatic imine (C=N–C) groups is 1. The number of likely N-dealkylation sites (N-methyl/N-ethyl adjacent to an activating group) is 2. The number of ether oxygens (including phenoxy) is 1. The predicted molar refractivity (Wildman–Crippen MR) is 105 cm³/mol. The van der Waals surface area contributed by atoms with Crippen molar-refractivity contribution >= 4 is 17.7 Å². The van der Waals surface area contributed by atoms with Gasteiger partial charge in [-0.3, -0.25) is 9.89 Å². The number of nitrogens with zero attached hydrogens (tertiary/aromatic N) is 3. The van der Waals surface area contributed by atoms with E-state index in [1.54, 1.807) is 0 Å². The van der Waals surface area contributed by atoms with Crippen LogP contribution < -0.4 is 5.32 Å². The van der Waals surface area contributed by atoms with Gasteiger partial charge in [0.25, 0.3) is 0 Å². The molecule has 2 rings (SSSR count). The molecule has 0 aliphatic carbocycles. The molecule has 0 aromatic heterocycles. The van der Waals surface area contributed by atoms with Crippen LogP contribution >= 0.6 is 11.8 Å². The number of thioether (sulfide) groups is 1. The quantitative estimate of drug-likeness (QED) is 0.560. The van der Waals surface area contributed by atoms with Crippen molar-refractivity contribution in [2.45, 2.75) is 50.3 Å². The Hall–Kier alpha value is -0.460. The third kappa shape index (κ3) is 5.27. The molecule has 1 N–H and O–H groups in total. The Kier molecular flexibility index (Phi) is 8.17. The van der Waals surface area contributed by atoms with Crippen LogP contribution in [-0.2, 0) is 4.74 Å². The maximum atomic E-state index is 5.55. The van der Waals surface area contributed by atoms with E-state index < -0.39 is 0 Å². The minimum atomic E-state index is 0.253. The van der Waals surface area contributed by atoms with Crippen LogP contribution in [0.5, 0.6) is 0 Å². The Morgan fingerprint density at radius 1 is 1.38 bits per heavy atom. The standard InChI is InChI=1S/C18H36N4OS/c1-5-19-17(20-15-18(24-4)9-12-23-13-10-18)21(3)14-16-8-7-11-22(16)6-2/h16H,5-15H2,1-4H3,(H,19,20). The van der Waals surface area contributed by atoms with Crippen LogP contribution in [-0.4, -0.2) is 85.8 Å². The first-order chi connectivity index (χ1) is 11.6. The van der Waals surface area contributed by atoms with Gasteiger partial charge in [-0.2, -0.15) is 11.8 Å². The zero-order chi connectivity index (χ0) is 17.4. The number of nitrogens with one attached hydrogen (secondary N) is 1. The molecule has 2 fully saturated rings. The van der Waals surface area contributed by atoms with Gasteiger partial charge >= 0.3 is 0 Å². The molecule has 0 radical (unpaired) electrons. The predicted octanol–water partition coefficient (Wildman–Crippen LogP) is 2.28. The molecule has 1 unspecified atom stereocenters. The Labute approximate surface area is 152 Å². The van der Waals surface area contributed by atoms with Crippen LogP contribution in [0.3, 0.4) is 0 Å². The summed E-state index contributed by atoms with van der Waals surface area (Å²) in [4.78, 5) is 9.94. The molecule has 2 aliphatic heterocycles. The van der Waals surface area contributed by atoms with Gasteiger partial charge in [-0.1, -0.05) is 6.92 Å². The molecule has 0 spiro atoms. The SMILES string of the molecule is CCNC(=NCC1(SC)CCOCC1)N(C)CC1CCCN1CC. The van der Waals surface area contributed by atoms with E-state index in [-0.39, 0.29) is 4.75 Å². The van der Waals surface area contributed by atoms with E-state index in [9.17, 15) is 0 Å². The molecule has 0 amide bonds.